The Labute approximate surface area is 97.8 Å². The van der Waals surface area contributed by atoms with Gasteiger partial charge in [-0.3, -0.25) is 4.79 Å². The number of rotatable bonds is 4. The Hall–Kier alpha value is -1.13. The van der Waals surface area contributed by atoms with Crippen molar-refractivity contribution in [3.8, 4) is 0 Å². The van der Waals surface area contributed by atoms with E-state index in [2.05, 4.69) is 4.74 Å². The number of esters is 1. The number of methoxy groups -OCH3 is 1. The second-order valence-corrected chi connectivity index (χ2v) is 3.71. The molecule has 1 unspecified atom stereocenters. The van der Waals surface area contributed by atoms with Gasteiger partial charge in [-0.1, -0.05) is 17.7 Å². The molecule has 0 amide bonds. The minimum atomic E-state index is -0.850. The van der Waals surface area contributed by atoms with Gasteiger partial charge in [0, 0.05) is 6.42 Å². The SMILES string of the molecule is COC(=O)CCC(O)c1ccc(F)c(Cl)c1. The van der Waals surface area contributed by atoms with Crippen LogP contribution < -0.4 is 0 Å². The third kappa shape index (κ3) is 3.47. The molecule has 0 saturated heterocycles. The molecule has 3 nitrogen and oxygen atoms in total. The van der Waals surface area contributed by atoms with Crippen LogP contribution >= 0.6 is 11.6 Å². The summed E-state index contributed by atoms with van der Waals surface area (Å²) in [4.78, 5) is 10.8. The fourth-order valence-electron chi connectivity index (χ4n) is 1.24. The fraction of sp³-hybridized carbons (Fsp3) is 0.364. The molecule has 0 bridgehead atoms. The second kappa shape index (κ2) is 5.82. The highest BCUT2D eigenvalue weighted by Gasteiger charge is 2.12. The van der Waals surface area contributed by atoms with E-state index in [0.717, 1.165) is 0 Å². The Bertz CT molecular complexity index is 381. The molecule has 0 aliphatic carbocycles. The zero-order valence-corrected chi connectivity index (χ0v) is 9.50. The predicted octanol–water partition coefficient (Wildman–Crippen LogP) is 2.47. The monoisotopic (exact) mass is 246 g/mol. The molecule has 1 atom stereocenters. The maximum absolute atomic E-state index is 12.8. The van der Waals surface area contributed by atoms with E-state index in [9.17, 15) is 14.3 Å². The average Bonchev–Trinajstić information content (AvgIpc) is 2.29. The fourth-order valence-corrected chi connectivity index (χ4v) is 1.43. The molecular weight excluding hydrogens is 235 g/mol. The number of carbonyl (C=O) groups is 1. The highest BCUT2D eigenvalue weighted by atomic mass is 35.5. The van der Waals surface area contributed by atoms with E-state index >= 15 is 0 Å². The first-order valence-corrected chi connectivity index (χ1v) is 5.12. The summed E-state index contributed by atoms with van der Waals surface area (Å²) in [7, 11) is 1.28. The molecule has 1 rings (SSSR count). The van der Waals surface area contributed by atoms with Gasteiger partial charge in [0.2, 0.25) is 0 Å². The number of aliphatic hydroxyl groups excluding tert-OH is 1. The van der Waals surface area contributed by atoms with Gasteiger partial charge >= 0.3 is 5.97 Å². The summed E-state index contributed by atoms with van der Waals surface area (Å²) >= 11 is 5.57. The summed E-state index contributed by atoms with van der Waals surface area (Å²) in [5.41, 5.74) is 0.482. The molecule has 1 N–H and O–H groups in total. The van der Waals surface area contributed by atoms with Crippen molar-refractivity contribution in [1.82, 2.24) is 0 Å². The van der Waals surface area contributed by atoms with Gasteiger partial charge < -0.3 is 9.84 Å². The van der Waals surface area contributed by atoms with E-state index in [4.69, 9.17) is 11.6 Å². The number of hydrogen-bond acceptors (Lipinski definition) is 3. The Morgan fingerprint density at radius 1 is 1.62 bits per heavy atom. The lowest BCUT2D eigenvalue weighted by Gasteiger charge is -2.10. The van der Waals surface area contributed by atoms with Gasteiger partial charge in [0.1, 0.15) is 5.82 Å². The molecule has 1 aromatic rings. The van der Waals surface area contributed by atoms with Crippen LogP contribution in [0.2, 0.25) is 5.02 Å². The van der Waals surface area contributed by atoms with Crippen molar-refractivity contribution in [3.63, 3.8) is 0 Å². The maximum Gasteiger partial charge on any atom is 0.305 e. The van der Waals surface area contributed by atoms with Crippen LogP contribution in [0.15, 0.2) is 18.2 Å². The van der Waals surface area contributed by atoms with Gasteiger partial charge in [0.25, 0.3) is 0 Å². The third-order valence-corrected chi connectivity index (χ3v) is 2.47. The van der Waals surface area contributed by atoms with Crippen molar-refractivity contribution in [2.45, 2.75) is 18.9 Å². The van der Waals surface area contributed by atoms with Gasteiger partial charge in [-0.05, 0) is 24.1 Å². The van der Waals surface area contributed by atoms with Gasteiger partial charge in [-0.2, -0.15) is 0 Å². The van der Waals surface area contributed by atoms with Crippen molar-refractivity contribution < 1.29 is 19.0 Å². The molecule has 88 valence electrons. The second-order valence-electron chi connectivity index (χ2n) is 3.30. The first kappa shape index (κ1) is 12.9. The molecule has 0 saturated carbocycles. The Balaban J connectivity index is 2.62. The van der Waals surface area contributed by atoms with Crippen LogP contribution in [0.1, 0.15) is 24.5 Å². The van der Waals surface area contributed by atoms with Gasteiger partial charge in [-0.15, -0.1) is 0 Å². The maximum atomic E-state index is 12.8. The highest BCUT2D eigenvalue weighted by Crippen LogP contribution is 2.23. The lowest BCUT2D eigenvalue weighted by Crippen LogP contribution is -2.05. The van der Waals surface area contributed by atoms with E-state index in [1.807, 2.05) is 0 Å². The van der Waals surface area contributed by atoms with Crippen molar-refractivity contribution in [3.05, 3.63) is 34.6 Å². The van der Waals surface area contributed by atoms with Gasteiger partial charge in [-0.25, -0.2) is 4.39 Å². The highest BCUT2D eigenvalue weighted by molar-refractivity contribution is 6.30. The molecule has 5 heteroatoms. The van der Waals surface area contributed by atoms with E-state index in [1.165, 1.54) is 25.3 Å². The summed E-state index contributed by atoms with van der Waals surface area (Å²) in [5.74, 6) is -0.933. The molecule has 1 aromatic carbocycles. The first-order chi connectivity index (χ1) is 7.54. The van der Waals surface area contributed by atoms with Crippen molar-refractivity contribution >= 4 is 17.6 Å². The molecule has 0 aliphatic heterocycles. The van der Waals surface area contributed by atoms with Crippen LogP contribution in [0.3, 0.4) is 0 Å². The summed E-state index contributed by atoms with van der Waals surface area (Å²) < 4.78 is 17.3. The third-order valence-electron chi connectivity index (χ3n) is 2.18. The van der Waals surface area contributed by atoms with E-state index in [1.54, 1.807) is 0 Å². The first-order valence-electron chi connectivity index (χ1n) is 4.74. The quantitative estimate of drug-likeness (QED) is 0.831. The normalized spacial score (nSPS) is 12.2. The summed E-state index contributed by atoms with van der Waals surface area (Å²) in [5, 5.41) is 9.64. The van der Waals surface area contributed by atoms with E-state index in [0.29, 0.717) is 5.56 Å². The van der Waals surface area contributed by atoms with Crippen LogP contribution in [-0.4, -0.2) is 18.2 Å². The van der Waals surface area contributed by atoms with Gasteiger partial charge in [0.05, 0.1) is 18.2 Å². The summed E-state index contributed by atoms with van der Waals surface area (Å²) in [6.45, 7) is 0. The van der Waals surface area contributed by atoms with E-state index in [-0.39, 0.29) is 17.9 Å². The number of ether oxygens (including phenoxy) is 1. The smallest absolute Gasteiger partial charge is 0.305 e. The van der Waals surface area contributed by atoms with Crippen LogP contribution in [0, 0.1) is 5.82 Å². The Morgan fingerprint density at radius 2 is 2.31 bits per heavy atom. The van der Waals surface area contributed by atoms with Crippen LogP contribution in [0.4, 0.5) is 4.39 Å². The molecule has 0 aromatic heterocycles. The number of carbonyl (C=O) groups excluding carboxylic acids is 1. The van der Waals surface area contributed by atoms with E-state index < -0.39 is 17.9 Å². The summed E-state index contributed by atoms with van der Waals surface area (Å²) in [6.07, 6.45) is -0.529. The number of benzene rings is 1. The molecule has 0 aliphatic rings. The average molecular weight is 247 g/mol. The zero-order valence-electron chi connectivity index (χ0n) is 8.74. The molecular formula is C11H12ClFO3. The minimum Gasteiger partial charge on any atom is -0.469 e. The number of halogens is 2. The lowest BCUT2D eigenvalue weighted by atomic mass is 10.1. The van der Waals surface area contributed by atoms with Crippen LogP contribution in [0.5, 0.6) is 0 Å². The Morgan fingerprint density at radius 3 is 2.88 bits per heavy atom. The lowest BCUT2D eigenvalue weighted by molar-refractivity contribution is -0.141. The molecule has 0 heterocycles. The standard InChI is InChI=1S/C11H12ClFO3/c1-16-11(15)5-4-10(14)7-2-3-9(13)8(12)6-7/h2-3,6,10,14H,4-5H2,1H3. The predicted molar refractivity (Wildman–Crippen MR) is 57.6 cm³/mol. The largest absolute Gasteiger partial charge is 0.469 e. The molecule has 16 heavy (non-hydrogen) atoms. The number of aliphatic hydroxyl groups is 1. The molecule has 0 radical (unpaired) electrons. The topological polar surface area (TPSA) is 46.5 Å². The molecule has 0 fully saturated rings. The van der Waals surface area contributed by atoms with Crippen LogP contribution in [0.25, 0.3) is 0 Å². The van der Waals surface area contributed by atoms with Crippen molar-refractivity contribution in [1.29, 1.82) is 0 Å². The zero-order chi connectivity index (χ0) is 12.1. The van der Waals surface area contributed by atoms with Crippen molar-refractivity contribution in [2.75, 3.05) is 7.11 Å². The summed E-state index contributed by atoms with van der Waals surface area (Å²) in [6, 6.07) is 3.96. The van der Waals surface area contributed by atoms with Gasteiger partial charge in [0.15, 0.2) is 0 Å². The van der Waals surface area contributed by atoms with Crippen LogP contribution in [-0.2, 0) is 9.53 Å². The van der Waals surface area contributed by atoms with Crippen molar-refractivity contribution in [2.24, 2.45) is 0 Å². The minimum absolute atomic E-state index is 0.0466. The molecule has 0 spiro atoms. The Kier molecular flexibility index (Phi) is 4.71. The number of hydrogen-bond donors (Lipinski definition) is 1.